The van der Waals surface area contributed by atoms with Crippen molar-refractivity contribution in [3.63, 3.8) is 0 Å². The van der Waals surface area contributed by atoms with Crippen LogP contribution in [0.3, 0.4) is 0 Å². The number of nitrogens with zero attached hydrogens (tertiary/aromatic N) is 3. The summed E-state index contributed by atoms with van der Waals surface area (Å²) in [5, 5.41) is 6.74. The quantitative estimate of drug-likeness (QED) is 0.757. The smallest absolute Gasteiger partial charge is 0.142 e. The zero-order valence-corrected chi connectivity index (χ0v) is 14.9. The van der Waals surface area contributed by atoms with Crippen LogP contribution >= 0.6 is 0 Å². The lowest BCUT2D eigenvalue weighted by atomic mass is 10.2. The number of hydrogen-bond donors (Lipinski definition) is 0. The van der Waals surface area contributed by atoms with E-state index in [1.54, 1.807) is 7.11 Å². The lowest BCUT2D eigenvalue weighted by molar-refractivity contribution is 0.271. The maximum absolute atomic E-state index is 5.65. The second-order valence-corrected chi connectivity index (χ2v) is 5.83. The van der Waals surface area contributed by atoms with Gasteiger partial charge < -0.3 is 14.4 Å². The van der Waals surface area contributed by atoms with Crippen molar-refractivity contribution in [2.75, 3.05) is 44.8 Å². The summed E-state index contributed by atoms with van der Waals surface area (Å²) in [5.41, 5.74) is 2.16. The zero-order valence-electron chi connectivity index (χ0n) is 14.9. The molecule has 3 rings (SSSR count). The fourth-order valence-electron chi connectivity index (χ4n) is 2.96. The first kappa shape index (κ1) is 17.1. The summed E-state index contributed by atoms with van der Waals surface area (Å²) in [5.74, 6) is 1.80. The summed E-state index contributed by atoms with van der Waals surface area (Å²) in [4.78, 5) is 2.35. The first-order valence-corrected chi connectivity index (χ1v) is 8.70. The molecule has 25 heavy (non-hydrogen) atoms. The lowest BCUT2D eigenvalue weighted by Crippen LogP contribution is -2.44. The van der Waals surface area contributed by atoms with Gasteiger partial charge in [-0.3, -0.25) is 5.01 Å². The number of hydrazone groups is 1. The fraction of sp³-hybridized carbons (Fsp3) is 0.350. The third-order valence-corrected chi connectivity index (χ3v) is 4.26. The van der Waals surface area contributed by atoms with Gasteiger partial charge in [0.05, 0.1) is 38.7 Å². The lowest BCUT2D eigenvalue weighted by Gasteiger charge is -2.35. The van der Waals surface area contributed by atoms with Gasteiger partial charge in [0.25, 0.3) is 0 Å². The topological polar surface area (TPSA) is 37.3 Å². The van der Waals surface area contributed by atoms with Crippen LogP contribution in [0.5, 0.6) is 11.5 Å². The van der Waals surface area contributed by atoms with E-state index in [1.807, 2.05) is 55.6 Å². The fourth-order valence-corrected chi connectivity index (χ4v) is 2.96. The second-order valence-electron chi connectivity index (χ2n) is 5.83. The second kappa shape index (κ2) is 8.42. The van der Waals surface area contributed by atoms with E-state index >= 15 is 0 Å². The van der Waals surface area contributed by atoms with Crippen LogP contribution in [-0.4, -0.2) is 51.1 Å². The molecule has 1 fully saturated rings. The highest BCUT2D eigenvalue weighted by atomic mass is 16.5. The van der Waals surface area contributed by atoms with Gasteiger partial charge in [-0.05, 0) is 31.2 Å². The molecule has 1 heterocycles. The van der Waals surface area contributed by atoms with Crippen molar-refractivity contribution in [3.8, 4) is 11.5 Å². The van der Waals surface area contributed by atoms with Crippen molar-refractivity contribution in [2.45, 2.75) is 6.92 Å². The number of para-hydroxylation sites is 3. The molecular weight excluding hydrogens is 314 g/mol. The van der Waals surface area contributed by atoms with Crippen molar-refractivity contribution in [3.05, 3.63) is 54.1 Å². The summed E-state index contributed by atoms with van der Waals surface area (Å²) in [6.45, 7) is 6.25. The highest BCUT2D eigenvalue weighted by Crippen LogP contribution is 2.28. The van der Waals surface area contributed by atoms with Gasteiger partial charge in [0.2, 0.25) is 0 Å². The molecule has 0 N–H and O–H groups in total. The van der Waals surface area contributed by atoms with Crippen LogP contribution < -0.4 is 14.4 Å². The van der Waals surface area contributed by atoms with Crippen molar-refractivity contribution in [2.24, 2.45) is 5.10 Å². The minimum atomic E-state index is 0.655. The van der Waals surface area contributed by atoms with E-state index in [2.05, 4.69) is 21.1 Å². The average Bonchev–Trinajstić information content (AvgIpc) is 2.68. The molecule has 0 aliphatic carbocycles. The standard InChI is InChI=1S/C20H25N3O2/c1-3-25-19-10-6-4-8-17(19)16-21-23-14-12-22(13-15-23)18-9-5-7-11-20(18)24-2/h4-11,16H,3,12-15H2,1-2H3/b21-16+. The summed E-state index contributed by atoms with van der Waals surface area (Å²) in [7, 11) is 1.72. The van der Waals surface area contributed by atoms with Crippen LogP contribution in [-0.2, 0) is 0 Å². The maximum Gasteiger partial charge on any atom is 0.142 e. The third-order valence-electron chi connectivity index (χ3n) is 4.26. The molecule has 0 saturated carbocycles. The summed E-state index contributed by atoms with van der Waals surface area (Å²) < 4.78 is 11.1. The van der Waals surface area contributed by atoms with Crippen LogP contribution in [0.15, 0.2) is 53.6 Å². The van der Waals surface area contributed by atoms with Crippen molar-refractivity contribution >= 4 is 11.9 Å². The molecule has 0 aromatic heterocycles. The minimum Gasteiger partial charge on any atom is -0.495 e. The maximum atomic E-state index is 5.65. The van der Waals surface area contributed by atoms with E-state index in [1.165, 1.54) is 0 Å². The molecule has 0 amide bonds. The molecule has 0 unspecified atom stereocenters. The van der Waals surface area contributed by atoms with Crippen molar-refractivity contribution in [1.29, 1.82) is 0 Å². The van der Waals surface area contributed by atoms with E-state index in [4.69, 9.17) is 9.47 Å². The Morgan fingerprint density at radius 2 is 1.64 bits per heavy atom. The van der Waals surface area contributed by atoms with Gasteiger partial charge in [0, 0.05) is 18.7 Å². The number of benzene rings is 2. The van der Waals surface area contributed by atoms with E-state index in [9.17, 15) is 0 Å². The Morgan fingerprint density at radius 1 is 0.960 bits per heavy atom. The Balaban J connectivity index is 1.61. The predicted molar refractivity (Wildman–Crippen MR) is 102 cm³/mol. The molecular formula is C20H25N3O2. The minimum absolute atomic E-state index is 0.655. The Kier molecular flexibility index (Phi) is 5.77. The van der Waals surface area contributed by atoms with Gasteiger partial charge in [-0.1, -0.05) is 24.3 Å². The highest BCUT2D eigenvalue weighted by molar-refractivity contribution is 5.83. The van der Waals surface area contributed by atoms with Crippen LogP contribution in [0.25, 0.3) is 0 Å². The number of anilines is 1. The normalized spacial score (nSPS) is 14.8. The molecule has 1 aliphatic heterocycles. The SMILES string of the molecule is CCOc1ccccc1/C=N/N1CCN(c2ccccc2OC)CC1. The van der Waals surface area contributed by atoms with Gasteiger partial charge >= 0.3 is 0 Å². The number of hydrogen-bond acceptors (Lipinski definition) is 5. The molecule has 132 valence electrons. The van der Waals surface area contributed by atoms with Gasteiger partial charge in [-0.15, -0.1) is 0 Å². The predicted octanol–water partition coefficient (Wildman–Crippen LogP) is 3.25. The Morgan fingerprint density at radius 3 is 2.36 bits per heavy atom. The largest absolute Gasteiger partial charge is 0.495 e. The van der Waals surface area contributed by atoms with Crippen LogP contribution in [0.1, 0.15) is 12.5 Å². The third kappa shape index (κ3) is 4.24. The monoisotopic (exact) mass is 339 g/mol. The number of ether oxygens (including phenoxy) is 2. The molecule has 0 radical (unpaired) electrons. The number of methoxy groups -OCH3 is 1. The molecule has 0 bridgehead atoms. The van der Waals surface area contributed by atoms with Gasteiger partial charge in [0.1, 0.15) is 11.5 Å². The molecule has 2 aromatic carbocycles. The first-order chi connectivity index (χ1) is 12.3. The van der Waals surface area contributed by atoms with Crippen LogP contribution in [0.2, 0.25) is 0 Å². The molecule has 0 atom stereocenters. The molecule has 5 nitrogen and oxygen atoms in total. The van der Waals surface area contributed by atoms with E-state index in [0.29, 0.717) is 6.61 Å². The Bertz CT molecular complexity index is 710. The molecule has 0 spiro atoms. The van der Waals surface area contributed by atoms with E-state index < -0.39 is 0 Å². The highest BCUT2D eigenvalue weighted by Gasteiger charge is 2.18. The van der Waals surface area contributed by atoms with Crippen molar-refractivity contribution < 1.29 is 9.47 Å². The summed E-state index contributed by atoms with van der Waals surface area (Å²) in [6, 6.07) is 16.1. The molecule has 5 heteroatoms. The number of piperazine rings is 1. The van der Waals surface area contributed by atoms with E-state index in [-0.39, 0.29) is 0 Å². The Labute approximate surface area is 149 Å². The Hall–Kier alpha value is -2.69. The van der Waals surface area contributed by atoms with Gasteiger partial charge in [-0.25, -0.2) is 0 Å². The molecule has 1 saturated heterocycles. The van der Waals surface area contributed by atoms with Crippen molar-refractivity contribution in [1.82, 2.24) is 5.01 Å². The summed E-state index contributed by atoms with van der Waals surface area (Å²) in [6.07, 6.45) is 1.89. The van der Waals surface area contributed by atoms with Crippen LogP contribution in [0, 0.1) is 0 Å². The summed E-state index contributed by atoms with van der Waals surface area (Å²) >= 11 is 0. The van der Waals surface area contributed by atoms with Gasteiger partial charge in [0.15, 0.2) is 0 Å². The molecule has 1 aliphatic rings. The van der Waals surface area contributed by atoms with Crippen LogP contribution in [0.4, 0.5) is 5.69 Å². The first-order valence-electron chi connectivity index (χ1n) is 8.70. The molecule has 2 aromatic rings. The number of rotatable bonds is 6. The zero-order chi connectivity index (χ0) is 17.5. The average molecular weight is 339 g/mol. The van der Waals surface area contributed by atoms with Gasteiger partial charge in [-0.2, -0.15) is 5.10 Å². The van der Waals surface area contributed by atoms with E-state index in [0.717, 1.165) is 48.9 Å².